The molecule has 21 heavy (non-hydrogen) atoms. The predicted molar refractivity (Wildman–Crippen MR) is 88.1 cm³/mol. The highest BCUT2D eigenvalue weighted by molar-refractivity contribution is 5.18. The molecule has 2 rings (SSSR count). The third kappa shape index (κ3) is 5.70. The summed E-state index contributed by atoms with van der Waals surface area (Å²) in [6.07, 6.45) is 0.0881. The highest BCUT2D eigenvalue weighted by Crippen LogP contribution is 2.18. The Balaban J connectivity index is 1.95. The molecule has 0 amide bonds. The molecule has 0 aliphatic carbocycles. The van der Waals surface area contributed by atoms with Gasteiger partial charge >= 0.3 is 0 Å². The molecule has 2 nitrogen and oxygen atoms in total. The Morgan fingerprint density at radius 2 is 1.48 bits per heavy atom. The lowest BCUT2D eigenvalue weighted by Crippen LogP contribution is -2.26. The first-order valence-corrected chi connectivity index (χ1v) is 7.67. The summed E-state index contributed by atoms with van der Waals surface area (Å²) in [5.74, 6) is 0.649. The van der Waals surface area contributed by atoms with Crippen molar-refractivity contribution in [2.45, 2.75) is 26.6 Å². The summed E-state index contributed by atoms with van der Waals surface area (Å²) >= 11 is 0. The molecule has 0 heterocycles. The fraction of sp³-hybridized carbons (Fsp3) is 0.368. The third-order valence-electron chi connectivity index (χ3n) is 3.35. The number of rotatable bonds is 8. The van der Waals surface area contributed by atoms with E-state index in [1.165, 1.54) is 11.1 Å². The van der Waals surface area contributed by atoms with Crippen LogP contribution in [0, 0.1) is 5.92 Å². The van der Waals surface area contributed by atoms with Crippen LogP contribution < -0.4 is 5.32 Å². The van der Waals surface area contributed by atoms with E-state index in [2.05, 4.69) is 55.6 Å². The van der Waals surface area contributed by atoms with Crippen LogP contribution in [-0.2, 0) is 11.3 Å². The van der Waals surface area contributed by atoms with Crippen LogP contribution in [0.2, 0.25) is 0 Å². The van der Waals surface area contributed by atoms with E-state index in [9.17, 15) is 0 Å². The molecule has 0 saturated heterocycles. The van der Waals surface area contributed by atoms with Gasteiger partial charge in [0.25, 0.3) is 0 Å². The molecule has 112 valence electrons. The third-order valence-corrected chi connectivity index (χ3v) is 3.35. The van der Waals surface area contributed by atoms with E-state index < -0.39 is 0 Å². The molecule has 2 aromatic rings. The molecule has 2 heteroatoms. The van der Waals surface area contributed by atoms with Crippen molar-refractivity contribution < 1.29 is 4.74 Å². The topological polar surface area (TPSA) is 21.3 Å². The van der Waals surface area contributed by atoms with Crippen molar-refractivity contribution in [1.82, 2.24) is 5.32 Å². The van der Waals surface area contributed by atoms with E-state index in [0.29, 0.717) is 12.5 Å². The van der Waals surface area contributed by atoms with Gasteiger partial charge in [-0.3, -0.25) is 0 Å². The van der Waals surface area contributed by atoms with Crippen LogP contribution in [0.5, 0.6) is 0 Å². The first-order valence-electron chi connectivity index (χ1n) is 7.67. The lowest BCUT2D eigenvalue weighted by Gasteiger charge is -2.20. The molecule has 0 saturated carbocycles. The fourth-order valence-electron chi connectivity index (χ4n) is 2.21. The standard InChI is InChI=1S/C19H25NO/c1-16(2)13-20-14-19(18-11-7-4-8-12-18)21-15-17-9-5-3-6-10-17/h3-12,16,19-20H,13-15H2,1-2H3. The van der Waals surface area contributed by atoms with Gasteiger partial charge in [0.15, 0.2) is 0 Å². The van der Waals surface area contributed by atoms with E-state index in [-0.39, 0.29) is 6.10 Å². The van der Waals surface area contributed by atoms with Crippen molar-refractivity contribution in [3.8, 4) is 0 Å². The first-order chi connectivity index (χ1) is 10.3. The van der Waals surface area contributed by atoms with Gasteiger partial charge in [-0.25, -0.2) is 0 Å². The van der Waals surface area contributed by atoms with Crippen molar-refractivity contribution in [2.75, 3.05) is 13.1 Å². The summed E-state index contributed by atoms with van der Waals surface area (Å²) in [4.78, 5) is 0. The second-order valence-electron chi connectivity index (χ2n) is 5.75. The summed E-state index contributed by atoms with van der Waals surface area (Å²) in [6.45, 7) is 6.93. The van der Waals surface area contributed by atoms with Crippen molar-refractivity contribution in [1.29, 1.82) is 0 Å². The van der Waals surface area contributed by atoms with Gasteiger partial charge in [0.1, 0.15) is 0 Å². The zero-order valence-electron chi connectivity index (χ0n) is 13.0. The molecule has 1 unspecified atom stereocenters. The quantitative estimate of drug-likeness (QED) is 0.784. The molecule has 0 aliphatic rings. The predicted octanol–water partition coefficient (Wildman–Crippen LogP) is 4.19. The molecule has 0 bridgehead atoms. The van der Waals surface area contributed by atoms with Crippen LogP contribution in [0.1, 0.15) is 31.1 Å². The molecule has 0 aliphatic heterocycles. The number of ether oxygens (including phenoxy) is 1. The molecule has 0 aromatic heterocycles. The monoisotopic (exact) mass is 283 g/mol. The fourth-order valence-corrected chi connectivity index (χ4v) is 2.21. The normalized spacial score (nSPS) is 12.5. The molecule has 0 fully saturated rings. The van der Waals surface area contributed by atoms with Crippen molar-refractivity contribution in [3.63, 3.8) is 0 Å². The highest BCUT2D eigenvalue weighted by atomic mass is 16.5. The number of benzene rings is 2. The summed E-state index contributed by atoms with van der Waals surface area (Å²) in [5, 5.41) is 3.49. The minimum Gasteiger partial charge on any atom is -0.368 e. The maximum Gasteiger partial charge on any atom is 0.0953 e. The second-order valence-corrected chi connectivity index (χ2v) is 5.75. The molecule has 0 radical (unpaired) electrons. The van der Waals surface area contributed by atoms with Crippen LogP contribution in [0.15, 0.2) is 60.7 Å². The highest BCUT2D eigenvalue weighted by Gasteiger charge is 2.11. The van der Waals surface area contributed by atoms with Gasteiger partial charge < -0.3 is 10.1 Å². The number of nitrogens with one attached hydrogen (secondary N) is 1. The van der Waals surface area contributed by atoms with Gasteiger partial charge in [-0.05, 0) is 23.6 Å². The summed E-state index contributed by atoms with van der Waals surface area (Å²) in [7, 11) is 0. The van der Waals surface area contributed by atoms with Gasteiger partial charge in [0.2, 0.25) is 0 Å². The second kappa shape index (κ2) is 8.60. The van der Waals surface area contributed by atoms with E-state index in [0.717, 1.165) is 13.1 Å². The van der Waals surface area contributed by atoms with Gasteiger partial charge in [-0.2, -0.15) is 0 Å². The number of hydrogen-bond acceptors (Lipinski definition) is 2. The summed E-state index contributed by atoms with van der Waals surface area (Å²) < 4.78 is 6.13. The van der Waals surface area contributed by atoms with Crippen molar-refractivity contribution in [3.05, 3.63) is 71.8 Å². The van der Waals surface area contributed by atoms with E-state index in [4.69, 9.17) is 4.74 Å². The van der Waals surface area contributed by atoms with Gasteiger partial charge in [-0.15, -0.1) is 0 Å². The van der Waals surface area contributed by atoms with Crippen LogP contribution in [0.4, 0.5) is 0 Å². The van der Waals surface area contributed by atoms with Gasteiger partial charge in [-0.1, -0.05) is 74.5 Å². The number of hydrogen-bond donors (Lipinski definition) is 1. The summed E-state index contributed by atoms with van der Waals surface area (Å²) in [5.41, 5.74) is 2.44. The Hall–Kier alpha value is -1.64. The SMILES string of the molecule is CC(C)CNCC(OCc1ccccc1)c1ccccc1. The van der Waals surface area contributed by atoms with Gasteiger partial charge in [0, 0.05) is 6.54 Å². The maximum absolute atomic E-state index is 6.13. The van der Waals surface area contributed by atoms with E-state index >= 15 is 0 Å². The van der Waals surface area contributed by atoms with Crippen molar-refractivity contribution in [2.24, 2.45) is 5.92 Å². The average molecular weight is 283 g/mol. The molecule has 1 atom stereocenters. The smallest absolute Gasteiger partial charge is 0.0953 e. The molecule has 2 aromatic carbocycles. The Labute approximate surface area is 128 Å². The van der Waals surface area contributed by atoms with Crippen LogP contribution in [0.3, 0.4) is 0 Å². The minimum atomic E-state index is 0.0881. The molecule has 0 spiro atoms. The Kier molecular flexibility index (Phi) is 6.45. The maximum atomic E-state index is 6.13. The minimum absolute atomic E-state index is 0.0881. The van der Waals surface area contributed by atoms with Crippen LogP contribution >= 0.6 is 0 Å². The largest absolute Gasteiger partial charge is 0.368 e. The van der Waals surface area contributed by atoms with Crippen LogP contribution in [0.25, 0.3) is 0 Å². The van der Waals surface area contributed by atoms with E-state index in [1.54, 1.807) is 0 Å². The molecule has 1 N–H and O–H groups in total. The van der Waals surface area contributed by atoms with Crippen molar-refractivity contribution >= 4 is 0 Å². The average Bonchev–Trinajstić information content (AvgIpc) is 2.52. The van der Waals surface area contributed by atoms with Gasteiger partial charge in [0.05, 0.1) is 12.7 Å². The lowest BCUT2D eigenvalue weighted by molar-refractivity contribution is 0.0394. The first kappa shape index (κ1) is 15.7. The van der Waals surface area contributed by atoms with Crippen LogP contribution in [-0.4, -0.2) is 13.1 Å². The Morgan fingerprint density at radius 3 is 2.10 bits per heavy atom. The molecular formula is C19H25NO. The zero-order valence-corrected chi connectivity index (χ0v) is 13.0. The summed E-state index contributed by atoms with van der Waals surface area (Å²) in [6, 6.07) is 20.8. The lowest BCUT2D eigenvalue weighted by atomic mass is 10.1. The molecular weight excluding hydrogens is 258 g/mol. The van der Waals surface area contributed by atoms with E-state index in [1.807, 2.05) is 24.3 Å². The Morgan fingerprint density at radius 1 is 0.857 bits per heavy atom. The Bertz CT molecular complexity index is 495. The zero-order chi connectivity index (χ0) is 14.9.